The van der Waals surface area contributed by atoms with E-state index in [9.17, 15) is 0 Å². The second-order valence-electron chi connectivity index (χ2n) is 8.38. The van der Waals surface area contributed by atoms with Crippen LogP contribution in [0.4, 0.5) is 0 Å². The Kier molecular flexibility index (Phi) is 6.50. The lowest BCUT2D eigenvalue weighted by Crippen LogP contribution is -2.29. The van der Waals surface area contributed by atoms with E-state index in [1.807, 2.05) is 0 Å². The van der Waals surface area contributed by atoms with Gasteiger partial charge in [0, 0.05) is 0 Å². The second kappa shape index (κ2) is 9.47. The lowest BCUT2D eigenvalue weighted by Gasteiger charge is -2.40. The topological polar surface area (TPSA) is 27.7 Å². The number of benzene rings is 3. The van der Waals surface area contributed by atoms with Crippen LogP contribution >= 0.6 is 0 Å². The summed E-state index contributed by atoms with van der Waals surface area (Å²) in [5.41, 5.74) is 5.61. The summed E-state index contributed by atoms with van der Waals surface area (Å²) in [6.45, 7) is 2.33. The van der Waals surface area contributed by atoms with Gasteiger partial charge in [0.05, 0.1) is 21.3 Å². The molecule has 0 N–H and O–H groups in total. The highest BCUT2D eigenvalue weighted by molar-refractivity contribution is 5.44. The van der Waals surface area contributed by atoms with E-state index in [0.717, 1.165) is 36.5 Å². The summed E-state index contributed by atoms with van der Waals surface area (Å²) in [6.07, 6.45) is 3.20. The van der Waals surface area contributed by atoms with Gasteiger partial charge in [0.15, 0.2) is 0 Å². The quantitative estimate of drug-likeness (QED) is 0.446. The molecular weight excluding hydrogens is 384 g/mol. The van der Waals surface area contributed by atoms with Gasteiger partial charge in [0.25, 0.3) is 0 Å². The van der Waals surface area contributed by atoms with E-state index in [2.05, 4.69) is 73.7 Å². The van der Waals surface area contributed by atoms with E-state index >= 15 is 0 Å². The van der Waals surface area contributed by atoms with Crippen LogP contribution in [0, 0.1) is 5.92 Å². The smallest absolute Gasteiger partial charge is 0.119 e. The highest BCUT2D eigenvalue weighted by Crippen LogP contribution is 2.48. The third-order valence-corrected chi connectivity index (χ3v) is 6.86. The fraction of sp³-hybridized carbons (Fsp3) is 0.357. The van der Waals surface area contributed by atoms with Gasteiger partial charge in [-0.2, -0.15) is 0 Å². The van der Waals surface area contributed by atoms with Crippen LogP contribution in [-0.4, -0.2) is 21.3 Å². The zero-order valence-corrected chi connectivity index (χ0v) is 18.9. The fourth-order valence-electron chi connectivity index (χ4n) is 5.19. The van der Waals surface area contributed by atoms with Crippen molar-refractivity contribution >= 4 is 0 Å². The predicted molar refractivity (Wildman–Crippen MR) is 126 cm³/mol. The Hall–Kier alpha value is -2.94. The number of hydrogen-bond acceptors (Lipinski definition) is 3. The van der Waals surface area contributed by atoms with Gasteiger partial charge in [-0.25, -0.2) is 0 Å². The van der Waals surface area contributed by atoms with Gasteiger partial charge in [-0.3, -0.25) is 0 Å². The minimum Gasteiger partial charge on any atom is -0.497 e. The summed E-state index contributed by atoms with van der Waals surface area (Å²) in [4.78, 5) is 0. The Morgan fingerprint density at radius 2 is 1.32 bits per heavy atom. The van der Waals surface area contributed by atoms with Crippen molar-refractivity contribution in [2.75, 3.05) is 21.3 Å². The number of methoxy groups -OCH3 is 3. The summed E-state index contributed by atoms with van der Waals surface area (Å²) >= 11 is 0. The average molecular weight is 417 g/mol. The zero-order valence-electron chi connectivity index (χ0n) is 18.9. The van der Waals surface area contributed by atoms with Crippen LogP contribution in [-0.2, 0) is 12.8 Å². The molecule has 1 aliphatic carbocycles. The minimum absolute atomic E-state index is 0.435. The average Bonchev–Trinajstić information content (AvgIpc) is 2.84. The Labute approximate surface area is 186 Å². The number of ether oxygens (including phenoxy) is 3. The Morgan fingerprint density at radius 3 is 1.90 bits per heavy atom. The molecule has 162 valence electrons. The maximum Gasteiger partial charge on any atom is 0.119 e. The molecule has 4 rings (SSSR count). The summed E-state index contributed by atoms with van der Waals surface area (Å²) in [7, 11) is 5.19. The molecule has 0 radical (unpaired) electrons. The largest absolute Gasteiger partial charge is 0.497 e. The molecular formula is C28H32O3. The van der Waals surface area contributed by atoms with Crippen LogP contribution in [0.5, 0.6) is 17.2 Å². The number of rotatable bonds is 7. The van der Waals surface area contributed by atoms with Crippen molar-refractivity contribution in [3.63, 3.8) is 0 Å². The molecule has 0 heterocycles. The van der Waals surface area contributed by atoms with Crippen LogP contribution in [0.3, 0.4) is 0 Å². The second-order valence-corrected chi connectivity index (χ2v) is 8.38. The summed E-state index contributed by atoms with van der Waals surface area (Å²) in [5.74, 6) is 4.22. The van der Waals surface area contributed by atoms with Crippen LogP contribution in [0.25, 0.3) is 0 Å². The summed E-state index contributed by atoms with van der Waals surface area (Å²) < 4.78 is 16.3. The fourth-order valence-corrected chi connectivity index (χ4v) is 5.19. The van der Waals surface area contributed by atoms with E-state index in [0.29, 0.717) is 17.8 Å². The molecule has 0 aliphatic heterocycles. The van der Waals surface area contributed by atoms with Gasteiger partial charge in [-0.05, 0) is 89.2 Å². The monoisotopic (exact) mass is 416 g/mol. The first-order valence-electron chi connectivity index (χ1n) is 11.1. The van der Waals surface area contributed by atoms with E-state index in [-0.39, 0.29) is 0 Å². The van der Waals surface area contributed by atoms with Crippen molar-refractivity contribution in [3.05, 3.63) is 89.0 Å². The maximum absolute atomic E-state index is 5.58. The van der Waals surface area contributed by atoms with Crippen LogP contribution in [0.2, 0.25) is 0 Å². The third kappa shape index (κ3) is 4.41. The lowest BCUT2D eigenvalue weighted by molar-refractivity contribution is 0.310. The first-order chi connectivity index (χ1) is 15.2. The van der Waals surface area contributed by atoms with Gasteiger partial charge in [-0.1, -0.05) is 43.7 Å². The Balaban J connectivity index is 1.74. The molecule has 3 heteroatoms. The molecule has 0 saturated carbocycles. The van der Waals surface area contributed by atoms with Gasteiger partial charge < -0.3 is 14.2 Å². The molecule has 0 amide bonds. The molecule has 3 aromatic carbocycles. The van der Waals surface area contributed by atoms with Crippen molar-refractivity contribution in [2.45, 2.75) is 38.0 Å². The lowest BCUT2D eigenvalue weighted by atomic mass is 9.64. The SMILES string of the molecule is CCC1C(c2ccc(OC)cc2)Cc2ccc(OC)cc2C1Cc1ccc(OC)cc1. The zero-order chi connectivity index (χ0) is 21.8. The standard InChI is InChI=1S/C28H32O3/c1-5-25-26(20-8-13-23(30-3)14-9-20)17-21-10-15-24(31-4)18-27(21)28(25)16-19-6-11-22(29-2)12-7-19/h6-15,18,25-26,28H,5,16-17H2,1-4H3. The molecule has 0 spiro atoms. The van der Waals surface area contributed by atoms with Crippen LogP contribution in [0.15, 0.2) is 66.7 Å². The predicted octanol–water partition coefficient (Wildman–Crippen LogP) is 6.40. The number of hydrogen-bond donors (Lipinski definition) is 0. The van der Waals surface area contributed by atoms with E-state index in [1.54, 1.807) is 21.3 Å². The van der Waals surface area contributed by atoms with Crippen molar-refractivity contribution < 1.29 is 14.2 Å². The molecule has 3 atom stereocenters. The summed E-state index contributed by atoms with van der Waals surface area (Å²) in [6, 6.07) is 23.8. The molecule has 1 aliphatic rings. The Bertz CT molecular complexity index is 992. The van der Waals surface area contributed by atoms with E-state index < -0.39 is 0 Å². The molecule has 0 fully saturated rings. The summed E-state index contributed by atoms with van der Waals surface area (Å²) in [5, 5.41) is 0. The first kappa shape index (κ1) is 21.3. The minimum atomic E-state index is 0.435. The van der Waals surface area contributed by atoms with E-state index in [4.69, 9.17) is 14.2 Å². The van der Waals surface area contributed by atoms with Crippen LogP contribution in [0.1, 0.15) is 47.4 Å². The number of fused-ring (bicyclic) bond motifs is 1. The van der Waals surface area contributed by atoms with Gasteiger partial charge >= 0.3 is 0 Å². The Morgan fingerprint density at radius 1 is 0.742 bits per heavy atom. The third-order valence-electron chi connectivity index (χ3n) is 6.86. The normalized spacial score (nSPS) is 20.1. The van der Waals surface area contributed by atoms with Crippen molar-refractivity contribution in [2.24, 2.45) is 5.92 Å². The maximum atomic E-state index is 5.58. The molecule has 0 saturated heterocycles. The molecule has 31 heavy (non-hydrogen) atoms. The van der Waals surface area contributed by atoms with Gasteiger partial charge in [-0.15, -0.1) is 0 Å². The van der Waals surface area contributed by atoms with Crippen LogP contribution < -0.4 is 14.2 Å². The van der Waals surface area contributed by atoms with Crippen molar-refractivity contribution in [1.29, 1.82) is 0 Å². The first-order valence-corrected chi connectivity index (χ1v) is 11.1. The van der Waals surface area contributed by atoms with Crippen molar-refractivity contribution in [3.8, 4) is 17.2 Å². The molecule has 0 bridgehead atoms. The highest BCUT2D eigenvalue weighted by atomic mass is 16.5. The highest BCUT2D eigenvalue weighted by Gasteiger charge is 2.36. The molecule has 3 nitrogen and oxygen atoms in total. The molecule has 3 unspecified atom stereocenters. The van der Waals surface area contributed by atoms with E-state index in [1.165, 1.54) is 22.3 Å². The van der Waals surface area contributed by atoms with Crippen molar-refractivity contribution in [1.82, 2.24) is 0 Å². The van der Waals surface area contributed by atoms with Gasteiger partial charge in [0.1, 0.15) is 17.2 Å². The molecule has 3 aromatic rings. The van der Waals surface area contributed by atoms with Gasteiger partial charge in [0.2, 0.25) is 0 Å². The molecule has 0 aromatic heterocycles.